The molecular formula is C7H6NO3-. The van der Waals surface area contributed by atoms with Crippen LogP contribution in [0.4, 0.5) is 0 Å². The third-order valence-electron chi connectivity index (χ3n) is 1.28. The number of carbonyl (C=O) groups excluding carboxylic acids is 1. The molecule has 0 unspecified atom stereocenters. The molecule has 4 nitrogen and oxygen atoms in total. The summed E-state index contributed by atoms with van der Waals surface area (Å²) in [7, 11) is 0. The zero-order valence-corrected chi connectivity index (χ0v) is 5.88. The van der Waals surface area contributed by atoms with Gasteiger partial charge in [0, 0.05) is 5.69 Å². The van der Waals surface area contributed by atoms with E-state index in [0.717, 1.165) is 0 Å². The quantitative estimate of drug-likeness (QED) is 0.563. The van der Waals surface area contributed by atoms with Crippen molar-refractivity contribution in [3.8, 4) is 0 Å². The van der Waals surface area contributed by atoms with Gasteiger partial charge in [0.05, 0.1) is 11.5 Å². The highest BCUT2D eigenvalue weighted by Gasteiger charge is 1.98. The molecule has 0 aliphatic rings. The van der Waals surface area contributed by atoms with Crippen LogP contribution in [0.25, 0.3) is 0 Å². The Balaban J connectivity index is 3.32. The van der Waals surface area contributed by atoms with Gasteiger partial charge in [0.2, 0.25) is 0 Å². The van der Waals surface area contributed by atoms with Gasteiger partial charge < -0.3 is 14.9 Å². The number of aromatic amines is 1. The topological polar surface area (TPSA) is 73.0 Å². The van der Waals surface area contributed by atoms with E-state index >= 15 is 0 Å². The molecule has 1 aromatic heterocycles. The molecule has 4 heteroatoms. The fraction of sp³-hybridized carbons (Fsp3) is 0.143. The van der Waals surface area contributed by atoms with Crippen LogP contribution in [-0.2, 0) is 0 Å². The van der Waals surface area contributed by atoms with E-state index in [0.29, 0.717) is 5.69 Å². The SMILES string of the molecule is Cc1ccc(C(=O)[O-])c(=O)[nH]1. The number of aromatic nitrogens is 1. The Bertz CT molecular complexity index is 340. The molecule has 0 spiro atoms. The van der Waals surface area contributed by atoms with E-state index in [1.54, 1.807) is 6.92 Å². The summed E-state index contributed by atoms with van der Waals surface area (Å²) in [5.41, 5.74) is -0.333. The molecule has 11 heavy (non-hydrogen) atoms. The summed E-state index contributed by atoms with van der Waals surface area (Å²) in [6.07, 6.45) is 0. The van der Waals surface area contributed by atoms with Crippen molar-refractivity contribution >= 4 is 5.97 Å². The molecule has 0 radical (unpaired) electrons. The van der Waals surface area contributed by atoms with Gasteiger partial charge in [-0.2, -0.15) is 0 Å². The van der Waals surface area contributed by atoms with Gasteiger partial charge in [-0.1, -0.05) is 0 Å². The predicted octanol–water partition coefficient (Wildman–Crippen LogP) is -0.953. The van der Waals surface area contributed by atoms with Crippen molar-refractivity contribution in [2.45, 2.75) is 6.92 Å². The lowest BCUT2D eigenvalue weighted by Crippen LogP contribution is -2.29. The van der Waals surface area contributed by atoms with Gasteiger partial charge in [-0.05, 0) is 19.1 Å². The molecule has 0 amide bonds. The van der Waals surface area contributed by atoms with Crippen molar-refractivity contribution in [1.82, 2.24) is 4.98 Å². The van der Waals surface area contributed by atoms with E-state index < -0.39 is 11.5 Å². The highest BCUT2D eigenvalue weighted by atomic mass is 16.4. The van der Waals surface area contributed by atoms with E-state index in [9.17, 15) is 14.7 Å². The van der Waals surface area contributed by atoms with Crippen molar-refractivity contribution in [1.29, 1.82) is 0 Å². The van der Waals surface area contributed by atoms with Crippen molar-refractivity contribution in [3.63, 3.8) is 0 Å². The molecule has 0 aliphatic heterocycles. The number of carboxylic acids is 1. The number of rotatable bonds is 1. The second kappa shape index (κ2) is 2.57. The van der Waals surface area contributed by atoms with Crippen LogP contribution >= 0.6 is 0 Å². The van der Waals surface area contributed by atoms with Crippen molar-refractivity contribution in [3.05, 3.63) is 33.7 Å². The van der Waals surface area contributed by atoms with Crippen LogP contribution < -0.4 is 10.7 Å². The minimum atomic E-state index is -1.45. The second-order valence-corrected chi connectivity index (χ2v) is 2.17. The van der Waals surface area contributed by atoms with Gasteiger partial charge >= 0.3 is 0 Å². The third kappa shape index (κ3) is 1.46. The summed E-state index contributed by atoms with van der Waals surface area (Å²) in [6, 6.07) is 2.73. The standard InChI is InChI=1S/C7H7NO3/c1-4-2-3-5(7(10)11)6(9)8-4/h2-3H,1H3,(H,8,9)(H,10,11)/p-1. The van der Waals surface area contributed by atoms with Gasteiger partial charge in [0.15, 0.2) is 0 Å². The van der Waals surface area contributed by atoms with Crippen molar-refractivity contribution in [2.24, 2.45) is 0 Å². The minimum absolute atomic E-state index is 0.337. The number of aromatic carboxylic acids is 1. The van der Waals surface area contributed by atoms with Gasteiger partial charge in [-0.15, -0.1) is 0 Å². The number of carboxylic acid groups (broad SMARTS) is 1. The molecule has 0 atom stereocenters. The number of pyridine rings is 1. The molecule has 0 bridgehead atoms. The number of carbonyl (C=O) groups is 1. The average molecular weight is 152 g/mol. The Morgan fingerprint density at radius 3 is 2.64 bits per heavy atom. The van der Waals surface area contributed by atoms with Crippen molar-refractivity contribution in [2.75, 3.05) is 0 Å². The maximum Gasteiger partial charge on any atom is 0.257 e. The highest BCUT2D eigenvalue weighted by molar-refractivity contribution is 5.85. The molecule has 0 aromatic carbocycles. The monoisotopic (exact) mass is 152 g/mol. The first-order valence-corrected chi connectivity index (χ1v) is 3.02. The summed E-state index contributed by atoms with van der Waals surface area (Å²) in [5.74, 6) is -1.45. The van der Waals surface area contributed by atoms with Gasteiger partial charge in [0.1, 0.15) is 0 Å². The first-order chi connectivity index (χ1) is 5.11. The molecule has 1 heterocycles. The smallest absolute Gasteiger partial charge is 0.257 e. The van der Waals surface area contributed by atoms with Gasteiger partial charge in [-0.25, -0.2) is 0 Å². The Kier molecular flexibility index (Phi) is 1.76. The van der Waals surface area contributed by atoms with E-state index in [2.05, 4.69) is 4.98 Å². The highest BCUT2D eigenvalue weighted by Crippen LogP contribution is 1.90. The number of hydrogen-bond donors (Lipinski definition) is 1. The normalized spacial score (nSPS) is 9.55. The Morgan fingerprint density at radius 1 is 1.55 bits per heavy atom. The molecular weight excluding hydrogens is 146 g/mol. The van der Waals surface area contributed by atoms with Crippen LogP contribution in [0.1, 0.15) is 16.1 Å². The molecule has 0 saturated heterocycles. The van der Waals surface area contributed by atoms with Crippen LogP contribution in [0.15, 0.2) is 16.9 Å². The minimum Gasteiger partial charge on any atom is -0.545 e. The lowest BCUT2D eigenvalue weighted by atomic mass is 10.2. The Hall–Kier alpha value is -1.58. The van der Waals surface area contributed by atoms with Crippen LogP contribution in [0.2, 0.25) is 0 Å². The number of hydrogen-bond acceptors (Lipinski definition) is 3. The van der Waals surface area contributed by atoms with E-state index in [1.165, 1.54) is 12.1 Å². The lowest BCUT2D eigenvalue weighted by molar-refractivity contribution is -0.255. The Labute approximate surface area is 62.5 Å². The number of H-pyrrole nitrogens is 1. The summed E-state index contributed by atoms with van der Waals surface area (Å²) in [5, 5.41) is 10.2. The third-order valence-corrected chi connectivity index (χ3v) is 1.28. The van der Waals surface area contributed by atoms with Crippen LogP contribution in [0, 0.1) is 6.92 Å². The first-order valence-electron chi connectivity index (χ1n) is 3.02. The first kappa shape index (κ1) is 7.53. The van der Waals surface area contributed by atoms with Crippen molar-refractivity contribution < 1.29 is 9.90 Å². The van der Waals surface area contributed by atoms with Gasteiger partial charge in [0.25, 0.3) is 5.56 Å². The zero-order chi connectivity index (χ0) is 8.43. The molecule has 1 N–H and O–H groups in total. The predicted molar refractivity (Wildman–Crippen MR) is 36.1 cm³/mol. The average Bonchev–Trinajstić information content (AvgIpc) is 1.85. The van der Waals surface area contributed by atoms with E-state index in [-0.39, 0.29) is 5.56 Å². The zero-order valence-electron chi connectivity index (χ0n) is 5.88. The molecule has 0 aliphatic carbocycles. The fourth-order valence-corrected chi connectivity index (χ4v) is 0.733. The molecule has 58 valence electrons. The Morgan fingerprint density at radius 2 is 2.18 bits per heavy atom. The summed E-state index contributed by atoms with van der Waals surface area (Å²) < 4.78 is 0. The molecule has 0 fully saturated rings. The van der Waals surface area contributed by atoms with E-state index in [1.807, 2.05) is 0 Å². The summed E-state index contributed by atoms with van der Waals surface area (Å²) >= 11 is 0. The summed E-state index contributed by atoms with van der Waals surface area (Å²) in [4.78, 5) is 23.4. The largest absolute Gasteiger partial charge is 0.545 e. The maximum atomic E-state index is 10.8. The summed E-state index contributed by atoms with van der Waals surface area (Å²) in [6.45, 7) is 1.67. The number of aryl methyl sites for hydroxylation is 1. The molecule has 0 saturated carbocycles. The maximum absolute atomic E-state index is 10.8. The van der Waals surface area contributed by atoms with Gasteiger partial charge in [-0.3, -0.25) is 4.79 Å². The molecule has 1 rings (SSSR count). The lowest BCUT2D eigenvalue weighted by Gasteiger charge is -1.99. The van der Waals surface area contributed by atoms with Crippen LogP contribution in [-0.4, -0.2) is 11.0 Å². The van der Waals surface area contributed by atoms with Crippen LogP contribution in [0.5, 0.6) is 0 Å². The molecule has 1 aromatic rings. The van der Waals surface area contributed by atoms with Crippen LogP contribution in [0.3, 0.4) is 0 Å². The second-order valence-electron chi connectivity index (χ2n) is 2.17. The fourth-order valence-electron chi connectivity index (χ4n) is 0.733. The number of nitrogens with one attached hydrogen (secondary N) is 1. The van der Waals surface area contributed by atoms with E-state index in [4.69, 9.17) is 0 Å².